The van der Waals surface area contributed by atoms with Gasteiger partial charge >= 0.3 is 6.09 Å². The van der Waals surface area contributed by atoms with E-state index in [1.54, 1.807) is 30.7 Å². The minimum atomic E-state index is -1.05. The third-order valence-electron chi connectivity index (χ3n) is 6.26. The highest BCUT2D eigenvalue weighted by Gasteiger charge is 2.29. The molecule has 1 aromatic carbocycles. The third-order valence-corrected chi connectivity index (χ3v) is 6.26. The van der Waals surface area contributed by atoms with Crippen LogP contribution in [0.3, 0.4) is 0 Å². The number of hydrogen-bond donors (Lipinski definition) is 3. The van der Waals surface area contributed by atoms with Gasteiger partial charge in [-0.05, 0) is 42.7 Å². The predicted octanol–water partition coefficient (Wildman–Crippen LogP) is 4.30. The van der Waals surface area contributed by atoms with Gasteiger partial charge in [0, 0.05) is 19.3 Å². The van der Waals surface area contributed by atoms with Gasteiger partial charge in [0.05, 0.1) is 46.6 Å². The van der Waals surface area contributed by atoms with Gasteiger partial charge in [0.2, 0.25) is 5.95 Å². The quantitative estimate of drug-likeness (QED) is 0.392. The average molecular weight is 479 g/mol. The maximum atomic E-state index is 14.3. The number of rotatable bonds is 5. The number of nitrogens with zero attached hydrogens (tertiary/aromatic N) is 5. The molecule has 0 spiro atoms. The molecule has 2 atom stereocenters. The van der Waals surface area contributed by atoms with Gasteiger partial charge in [0.15, 0.2) is 0 Å². The van der Waals surface area contributed by atoms with Crippen LogP contribution in [0.5, 0.6) is 0 Å². The first-order valence-electron chi connectivity index (χ1n) is 11.2. The number of carbonyl (C=O) groups is 1. The monoisotopic (exact) mass is 479 g/mol. The lowest BCUT2D eigenvalue weighted by atomic mass is 9.93. The van der Waals surface area contributed by atoms with Crippen molar-refractivity contribution in [3.05, 3.63) is 66.6 Å². The van der Waals surface area contributed by atoms with Crippen molar-refractivity contribution in [2.24, 2.45) is 5.92 Å². The minimum absolute atomic E-state index is 0.133. The van der Waals surface area contributed by atoms with E-state index in [2.05, 4.69) is 30.6 Å². The summed E-state index contributed by atoms with van der Waals surface area (Å²) in [5, 5.41) is 19.4. The molecule has 4 heterocycles. The highest BCUT2D eigenvalue weighted by molar-refractivity contribution is 5.74. The van der Waals surface area contributed by atoms with E-state index >= 15 is 0 Å². The van der Waals surface area contributed by atoms with Crippen molar-refractivity contribution in [3.63, 3.8) is 0 Å². The van der Waals surface area contributed by atoms with Crippen molar-refractivity contribution in [2.75, 3.05) is 23.3 Å². The topological polar surface area (TPSA) is 108 Å². The molecule has 3 N–H and O–H groups in total. The Kier molecular flexibility index (Phi) is 5.89. The Balaban J connectivity index is 1.47. The van der Waals surface area contributed by atoms with Crippen LogP contribution in [0.15, 0.2) is 55.0 Å². The van der Waals surface area contributed by atoms with E-state index < -0.39 is 17.7 Å². The van der Waals surface area contributed by atoms with Crippen molar-refractivity contribution in [3.8, 4) is 11.3 Å². The van der Waals surface area contributed by atoms with Crippen LogP contribution in [0.1, 0.15) is 13.3 Å². The number of halogens is 2. The molecule has 11 heteroatoms. The molecule has 0 bridgehead atoms. The predicted molar refractivity (Wildman–Crippen MR) is 127 cm³/mol. The number of fused-ring (bicyclic) bond motifs is 1. The van der Waals surface area contributed by atoms with E-state index in [9.17, 15) is 18.7 Å². The van der Waals surface area contributed by atoms with Crippen molar-refractivity contribution in [1.29, 1.82) is 0 Å². The number of piperidine rings is 1. The number of nitrogens with one attached hydrogen (secondary N) is 2. The first kappa shape index (κ1) is 22.5. The van der Waals surface area contributed by atoms with Crippen molar-refractivity contribution in [2.45, 2.75) is 19.4 Å². The summed E-state index contributed by atoms with van der Waals surface area (Å²) in [6, 6.07) is 8.54. The maximum Gasteiger partial charge on any atom is 0.404 e. The second-order valence-electron chi connectivity index (χ2n) is 8.52. The van der Waals surface area contributed by atoms with E-state index in [0.717, 1.165) is 18.7 Å². The number of imidazole rings is 1. The van der Waals surface area contributed by atoms with Crippen molar-refractivity contribution in [1.82, 2.24) is 24.9 Å². The van der Waals surface area contributed by atoms with Gasteiger partial charge in [-0.3, -0.25) is 4.98 Å². The van der Waals surface area contributed by atoms with Crippen molar-refractivity contribution >= 4 is 28.9 Å². The SMILES string of the molecule is C[C@H]1CCN(c2ccncc2Nc2ncc3ccc(-c4c(F)cccc4F)nn23)C[C@@H]1NC(=O)O. The molecule has 1 fully saturated rings. The summed E-state index contributed by atoms with van der Waals surface area (Å²) in [7, 11) is 0. The van der Waals surface area contributed by atoms with Gasteiger partial charge in [0.25, 0.3) is 0 Å². The molecular weight excluding hydrogens is 456 g/mol. The molecule has 0 radical (unpaired) electrons. The highest BCUT2D eigenvalue weighted by atomic mass is 19.1. The number of anilines is 3. The molecule has 35 heavy (non-hydrogen) atoms. The Hall–Kier alpha value is -4.28. The summed E-state index contributed by atoms with van der Waals surface area (Å²) >= 11 is 0. The Bertz CT molecular complexity index is 1370. The number of benzene rings is 1. The van der Waals surface area contributed by atoms with E-state index in [1.807, 2.05) is 13.0 Å². The van der Waals surface area contributed by atoms with Crippen LogP contribution < -0.4 is 15.5 Å². The van der Waals surface area contributed by atoms with Crippen LogP contribution in [0.2, 0.25) is 0 Å². The number of hydrogen-bond acceptors (Lipinski definition) is 6. The average Bonchev–Trinajstić information content (AvgIpc) is 3.23. The molecule has 1 amide bonds. The molecule has 3 aromatic heterocycles. The zero-order valence-electron chi connectivity index (χ0n) is 18.8. The zero-order valence-corrected chi connectivity index (χ0v) is 18.8. The number of carboxylic acid groups (broad SMARTS) is 1. The number of pyridine rings is 1. The molecule has 4 aromatic rings. The fraction of sp³-hybridized carbons (Fsp3) is 0.250. The zero-order chi connectivity index (χ0) is 24.5. The van der Waals surface area contributed by atoms with Crippen LogP contribution in [0.25, 0.3) is 16.8 Å². The maximum absolute atomic E-state index is 14.3. The Morgan fingerprint density at radius 1 is 1.14 bits per heavy atom. The van der Waals surface area contributed by atoms with Gasteiger partial charge in [-0.1, -0.05) is 13.0 Å². The molecule has 180 valence electrons. The number of aromatic nitrogens is 4. The normalized spacial score (nSPS) is 18.0. The van der Waals surface area contributed by atoms with Crippen molar-refractivity contribution < 1.29 is 18.7 Å². The number of amides is 1. The minimum Gasteiger partial charge on any atom is -0.465 e. The van der Waals surface area contributed by atoms with Gasteiger partial charge in [0.1, 0.15) is 11.6 Å². The Morgan fingerprint density at radius 3 is 2.71 bits per heavy atom. The highest BCUT2D eigenvalue weighted by Crippen LogP contribution is 2.32. The molecule has 5 rings (SSSR count). The first-order chi connectivity index (χ1) is 16.9. The second-order valence-corrected chi connectivity index (χ2v) is 8.52. The van der Waals surface area contributed by atoms with E-state index in [1.165, 1.54) is 22.7 Å². The van der Waals surface area contributed by atoms with E-state index in [4.69, 9.17) is 0 Å². The van der Waals surface area contributed by atoms with Crippen LogP contribution in [0.4, 0.5) is 30.9 Å². The van der Waals surface area contributed by atoms with Crippen LogP contribution in [-0.4, -0.2) is 49.9 Å². The third kappa shape index (κ3) is 4.44. The lowest BCUT2D eigenvalue weighted by molar-refractivity contribution is 0.182. The van der Waals surface area contributed by atoms with Crippen LogP contribution in [-0.2, 0) is 0 Å². The molecule has 9 nitrogen and oxygen atoms in total. The fourth-order valence-corrected chi connectivity index (χ4v) is 4.36. The molecular formula is C24H23F2N7O2. The smallest absolute Gasteiger partial charge is 0.404 e. The molecule has 1 aliphatic rings. The standard InChI is InChI=1S/C24H23F2N7O2/c1-14-8-10-32(13-20(14)30-24(34)35)21-7-9-27-12-19(21)29-23-28-11-15-5-6-18(31-33(15)23)22-16(25)3-2-4-17(22)26/h2-7,9,11-12,14,20,30H,8,10,13H2,1H3,(H,28,29)(H,34,35)/t14-,20-/m0/s1. The lowest BCUT2D eigenvalue weighted by Gasteiger charge is -2.38. The molecule has 1 aliphatic heterocycles. The van der Waals surface area contributed by atoms with E-state index in [-0.39, 0.29) is 23.2 Å². The summed E-state index contributed by atoms with van der Waals surface area (Å²) in [6.07, 6.45) is 4.68. The van der Waals surface area contributed by atoms with Crippen LogP contribution >= 0.6 is 0 Å². The molecule has 0 saturated carbocycles. The second kappa shape index (κ2) is 9.16. The Morgan fingerprint density at radius 2 is 1.94 bits per heavy atom. The summed E-state index contributed by atoms with van der Waals surface area (Å²) < 4.78 is 30.1. The van der Waals surface area contributed by atoms with Gasteiger partial charge in [-0.15, -0.1) is 0 Å². The first-order valence-corrected chi connectivity index (χ1v) is 11.2. The molecule has 1 saturated heterocycles. The van der Waals surface area contributed by atoms with E-state index in [0.29, 0.717) is 23.7 Å². The summed E-state index contributed by atoms with van der Waals surface area (Å²) in [5.41, 5.74) is 2.03. The molecule has 0 unspecified atom stereocenters. The summed E-state index contributed by atoms with van der Waals surface area (Å²) in [4.78, 5) is 21.9. The Labute approximate surface area is 199 Å². The summed E-state index contributed by atoms with van der Waals surface area (Å²) in [5.74, 6) is -0.855. The largest absolute Gasteiger partial charge is 0.465 e. The lowest BCUT2D eigenvalue weighted by Crippen LogP contribution is -2.51. The van der Waals surface area contributed by atoms with Gasteiger partial charge in [-0.2, -0.15) is 9.61 Å². The van der Waals surface area contributed by atoms with Gasteiger partial charge in [-0.25, -0.2) is 18.6 Å². The fourth-order valence-electron chi connectivity index (χ4n) is 4.36. The summed E-state index contributed by atoms with van der Waals surface area (Å²) in [6.45, 7) is 3.28. The van der Waals surface area contributed by atoms with Gasteiger partial charge < -0.3 is 20.6 Å². The molecule has 0 aliphatic carbocycles. The van der Waals surface area contributed by atoms with Crippen LogP contribution in [0, 0.1) is 17.6 Å².